The average molecular weight is 469 g/mol. The normalized spacial score (nSPS) is 36.2. The zero-order valence-corrected chi connectivity index (χ0v) is 21.4. The zero-order chi connectivity index (χ0) is 23.0. The molecule has 5 atom stereocenters. The van der Waals surface area contributed by atoms with E-state index in [0.717, 1.165) is 64.6 Å². The van der Waals surface area contributed by atoms with Gasteiger partial charge in [-0.3, -0.25) is 4.79 Å². The van der Waals surface area contributed by atoms with Crippen molar-refractivity contribution >= 4 is 16.1 Å². The van der Waals surface area contributed by atoms with Crippen molar-refractivity contribution < 1.29 is 13.2 Å². The molecular weight excluding hydrogens is 424 g/mol. The Morgan fingerprint density at radius 2 is 1.59 bits per heavy atom. The number of fused-ring (bicyclic) bond motifs is 1. The number of piperidine rings is 2. The van der Waals surface area contributed by atoms with E-state index < -0.39 is 16.3 Å². The molecule has 3 heterocycles. The smallest absolute Gasteiger partial charge is 0.282 e. The molecule has 3 aliphatic heterocycles. The van der Waals surface area contributed by atoms with Gasteiger partial charge in [0.2, 0.25) is 5.91 Å². The van der Waals surface area contributed by atoms with Crippen LogP contribution >= 0.6 is 0 Å². The van der Waals surface area contributed by atoms with Gasteiger partial charge in [0.15, 0.2) is 0 Å². The first-order valence-corrected chi connectivity index (χ1v) is 14.4. The molecule has 1 amide bonds. The Morgan fingerprint density at radius 1 is 0.969 bits per heavy atom. The first-order chi connectivity index (χ1) is 15.2. The van der Waals surface area contributed by atoms with Crippen LogP contribution in [0, 0.1) is 17.8 Å². The number of likely N-dealkylation sites (tertiary alicyclic amines) is 1. The van der Waals surface area contributed by atoms with E-state index in [1.54, 1.807) is 8.61 Å². The highest BCUT2D eigenvalue weighted by Crippen LogP contribution is 2.43. The van der Waals surface area contributed by atoms with Crippen LogP contribution in [0.3, 0.4) is 0 Å². The second-order valence-corrected chi connectivity index (χ2v) is 12.9. The zero-order valence-electron chi connectivity index (χ0n) is 20.6. The summed E-state index contributed by atoms with van der Waals surface area (Å²) in [5.41, 5.74) is 0. The second kappa shape index (κ2) is 9.88. The van der Waals surface area contributed by atoms with Crippen molar-refractivity contribution in [1.29, 1.82) is 0 Å². The number of hydrogen-bond acceptors (Lipinski definition) is 4. The van der Waals surface area contributed by atoms with Crippen LogP contribution in [0.2, 0.25) is 0 Å². The van der Waals surface area contributed by atoms with Gasteiger partial charge >= 0.3 is 0 Å². The van der Waals surface area contributed by atoms with Crippen LogP contribution in [0.15, 0.2) is 0 Å². The second-order valence-electron chi connectivity index (χ2n) is 11.1. The monoisotopic (exact) mass is 468 g/mol. The summed E-state index contributed by atoms with van der Waals surface area (Å²) in [5, 5.41) is 0. The standard InChI is InChI=1S/C24H44N4O3S/c1-5-26-12-10-21(11-13-26)25(4)24(29)23-15-20-8-6-7-9-22(20)28(23)32(30,31)27-16-18(2)14-19(3)17-27/h18-23H,5-17H2,1-4H3/t18-,19+,20-,22-,23-/m0/s1. The first kappa shape index (κ1) is 24.4. The highest BCUT2D eigenvalue weighted by Gasteiger charge is 2.53. The molecule has 7 nitrogen and oxygen atoms in total. The van der Waals surface area contributed by atoms with E-state index in [4.69, 9.17) is 0 Å². The fourth-order valence-corrected chi connectivity index (χ4v) is 9.20. The molecule has 4 rings (SSSR count). The lowest BCUT2D eigenvalue weighted by Crippen LogP contribution is -2.58. The summed E-state index contributed by atoms with van der Waals surface area (Å²) in [6.45, 7) is 10.7. The van der Waals surface area contributed by atoms with Crippen LogP contribution in [0.25, 0.3) is 0 Å². The molecule has 0 spiro atoms. The van der Waals surface area contributed by atoms with Gasteiger partial charge in [-0.15, -0.1) is 0 Å². The number of nitrogens with zero attached hydrogens (tertiary/aromatic N) is 4. The van der Waals surface area contributed by atoms with Crippen molar-refractivity contribution in [2.24, 2.45) is 17.8 Å². The van der Waals surface area contributed by atoms with Crippen LogP contribution in [0.1, 0.15) is 72.1 Å². The first-order valence-electron chi connectivity index (χ1n) is 13.0. The van der Waals surface area contributed by atoms with E-state index in [1.807, 2.05) is 11.9 Å². The Kier molecular flexibility index (Phi) is 7.54. The number of hydrogen-bond donors (Lipinski definition) is 0. The molecular formula is C24H44N4O3S. The topological polar surface area (TPSA) is 64.2 Å². The molecule has 3 saturated heterocycles. The molecule has 32 heavy (non-hydrogen) atoms. The molecule has 4 aliphatic rings. The molecule has 0 aromatic heterocycles. The maximum absolute atomic E-state index is 14.0. The maximum atomic E-state index is 14.0. The average Bonchev–Trinajstić information content (AvgIpc) is 3.18. The van der Waals surface area contributed by atoms with E-state index in [2.05, 4.69) is 25.7 Å². The molecule has 0 aromatic carbocycles. The molecule has 0 radical (unpaired) electrons. The van der Waals surface area contributed by atoms with Gasteiger partial charge in [-0.1, -0.05) is 33.6 Å². The third-order valence-electron chi connectivity index (χ3n) is 8.64. The lowest BCUT2D eigenvalue weighted by molar-refractivity contribution is -0.136. The van der Waals surface area contributed by atoms with Gasteiger partial charge in [-0.2, -0.15) is 17.0 Å². The van der Waals surface area contributed by atoms with Crippen molar-refractivity contribution in [2.45, 2.75) is 90.3 Å². The van der Waals surface area contributed by atoms with Gasteiger partial charge in [0.05, 0.1) is 0 Å². The molecule has 184 valence electrons. The minimum atomic E-state index is -3.66. The Bertz CT molecular complexity index is 757. The van der Waals surface area contributed by atoms with Crippen molar-refractivity contribution in [3.8, 4) is 0 Å². The number of rotatable bonds is 5. The maximum Gasteiger partial charge on any atom is 0.282 e. The van der Waals surface area contributed by atoms with Gasteiger partial charge in [-0.25, -0.2) is 0 Å². The van der Waals surface area contributed by atoms with Gasteiger partial charge in [0.1, 0.15) is 6.04 Å². The number of carbonyl (C=O) groups excluding carboxylic acids is 1. The Balaban J connectivity index is 1.56. The lowest BCUT2D eigenvalue weighted by Gasteiger charge is -2.42. The van der Waals surface area contributed by atoms with Gasteiger partial charge < -0.3 is 9.80 Å². The van der Waals surface area contributed by atoms with Gasteiger partial charge in [0, 0.05) is 45.3 Å². The lowest BCUT2D eigenvalue weighted by atomic mass is 9.85. The summed E-state index contributed by atoms with van der Waals surface area (Å²) in [6, 6.07) is -0.326. The molecule has 0 bridgehead atoms. The van der Waals surface area contributed by atoms with Crippen LogP contribution < -0.4 is 0 Å². The Morgan fingerprint density at radius 3 is 2.22 bits per heavy atom. The minimum absolute atomic E-state index is 0.00872. The van der Waals surface area contributed by atoms with E-state index in [9.17, 15) is 13.2 Å². The Hall–Kier alpha value is -0.700. The van der Waals surface area contributed by atoms with E-state index in [0.29, 0.717) is 37.3 Å². The fraction of sp³-hybridized carbons (Fsp3) is 0.958. The van der Waals surface area contributed by atoms with Crippen LogP contribution in [-0.2, 0) is 15.0 Å². The molecule has 0 N–H and O–H groups in total. The van der Waals surface area contributed by atoms with Crippen molar-refractivity contribution in [3.05, 3.63) is 0 Å². The van der Waals surface area contributed by atoms with Crippen molar-refractivity contribution in [1.82, 2.24) is 18.4 Å². The molecule has 1 aliphatic carbocycles. The van der Waals surface area contributed by atoms with Crippen molar-refractivity contribution in [2.75, 3.05) is 39.8 Å². The molecule has 4 fully saturated rings. The van der Waals surface area contributed by atoms with Crippen molar-refractivity contribution in [3.63, 3.8) is 0 Å². The quantitative estimate of drug-likeness (QED) is 0.622. The molecule has 0 unspecified atom stereocenters. The molecule has 1 saturated carbocycles. The third-order valence-corrected chi connectivity index (χ3v) is 10.7. The predicted octanol–water partition coefficient (Wildman–Crippen LogP) is 2.78. The highest BCUT2D eigenvalue weighted by molar-refractivity contribution is 7.86. The molecule has 8 heteroatoms. The summed E-state index contributed by atoms with van der Waals surface area (Å²) in [6.07, 6.45) is 7.87. The molecule has 0 aromatic rings. The number of amides is 1. The SMILES string of the molecule is CCN1CCC(N(C)C(=O)[C@@H]2C[C@@H]3CCCC[C@@H]3N2S(=O)(=O)N2C[C@H](C)C[C@H](C)C2)CC1. The summed E-state index contributed by atoms with van der Waals surface area (Å²) in [4.78, 5) is 18.1. The fourth-order valence-electron chi connectivity index (χ4n) is 6.93. The number of carbonyl (C=O) groups is 1. The Labute approximate surface area is 195 Å². The summed E-state index contributed by atoms with van der Waals surface area (Å²) in [7, 11) is -1.75. The van der Waals surface area contributed by atoms with E-state index in [1.165, 1.54) is 0 Å². The van der Waals surface area contributed by atoms with Crippen LogP contribution in [0.4, 0.5) is 0 Å². The summed E-state index contributed by atoms with van der Waals surface area (Å²) in [5.74, 6) is 1.07. The summed E-state index contributed by atoms with van der Waals surface area (Å²) >= 11 is 0. The number of likely N-dealkylation sites (N-methyl/N-ethyl adjacent to an activating group) is 1. The van der Waals surface area contributed by atoms with E-state index in [-0.39, 0.29) is 18.0 Å². The predicted molar refractivity (Wildman–Crippen MR) is 127 cm³/mol. The largest absolute Gasteiger partial charge is 0.341 e. The van der Waals surface area contributed by atoms with E-state index >= 15 is 0 Å². The minimum Gasteiger partial charge on any atom is -0.341 e. The highest BCUT2D eigenvalue weighted by atomic mass is 32.2. The third kappa shape index (κ3) is 4.75. The van der Waals surface area contributed by atoms with Gasteiger partial charge in [-0.05, 0) is 62.8 Å². The summed E-state index contributed by atoms with van der Waals surface area (Å²) < 4.78 is 31.4. The van der Waals surface area contributed by atoms with Crippen LogP contribution in [0.5, 0.6) is 0 Å². The van der Waals surface area contributed by atoms with Crippen LogP contribution in [-0.4, -0.2) is 90.6 Å². The van der Waals surface area contributed by atoms with Gasteiger partial charge in [0.25, 0.3) is 10.2 Å².